The summed E-state index contributed by atoms with van der Waals surface area (Å²) >= 11 is 3.34. The van der Waals surface area contributed by atoms with E-state index >= 15 is 0 Å². The Morgan fingerprint density at radius 3 is 2.75 bits per heavy atom. The van der Waals surface area contributed by atoms with Gasteiger partial charge in [-0.1, -0.05) is 18.2 Å². The number of benzene rings is 1. The Bertz CT molecular complexity index is 710. The minimum absolute atomic E-state index is 0.0771. The highest BCUT2D eigenvalue weighted by molar-refractivity contribution is 9.10. The summed E-state index contributed by atoms with van der Waals surface area (Å²) in [6.45, 7) is 2.15. The lowest BCUT2D eigenvalue weighted by atomic mass is 10.1. The molecule has 2 rings (SSSR count). The number of halogens is 1. The highest BCUT2D eigenvalue weighted by atomic mass is 79.9. The van der Waals surface area contributed by atoms with Crippen LogP contribution in [-0.2, 0) is 13.0 Å². The number of aromatic nitrogens is 1. The molecule has 6 heteroatoms. The number of aryl methyl sites for hydroxylation is 3. The van der Waals surface area contributed by atoms with Gasteiger partial charge in [0.1, 0.15) is 0 Å². The second-order valence-electron chi connectivity index (χ2n) is 4.48. The molecule has 0 radical (unpaired) electrons. The van der Waals surface area contributed by atoms with E-state index in [-0.39, 0.29) is 11.2 Å². The van der Waals surface area contributed by atoms with Crippen LogP contribution in [0.5, 0.6) is 0 Å². The van der Waals surface area contributed by atoms with Crippen LogP contribution in [0.15, 0.2) is 45.8 Å². The zero-order valence-electron chi connectivity index (χ0n) is 10.9. The Labute approximate surface area is 124 Å². The summed E-state index contributed by atoms with van der Waals surface area (Å²) in [6.07, 6.45) is 2.14. The van der Waals surface area contributed by atoms with Gasteiger partial charge in [-0.05, 0) is 35.3 Å². The van der Waals surface area contributed by atoms with E-state index in [1.165, 1.54) is 6.07 Å². The Morgan fingerprint density at radius 2 is 2.05 bits per heavy atom. The van der Waals surface area contributed by atoms with E-state index in [4.69, 9.17) is 0 Å². The Hall–Kier alpha value is -1.95. The smallest absolute Gasteiger partial charge is 0.272 e. The number of hydrogen-bond acceptors (Lipinski definition) is 3. The summed E-state index contributed by atoms with van der Waals surface area (Å²) in [6, 6.07) is 8.34. The number of nitrogens with zero attached hydrogens (tertiary/aromatic N) is 2. The number of nitro benzene ring substituents is 1. The Kier molecular flexibility index (Phi) is 4.34. The van der Waals surface area contributed by atoms with E-state index in [2.05, 4.69) is 15.9 Å². The maximum Gasteiger partial charge on any atom is 0.272 e. The molecule has 0 unspecified atom stereocenters. The summed E-state index contributed by atoms with van der Waals surface area (Å²) in [4.78, 5) is 22.5. The van der Waals surface area contributed by atoms with Crippen LogP contribution >= 0.6 is 15.9 Å². The van der Waals surface area contributed by atoms with Crippen LogP contribution in [-0.4, -0.2) is 9.49 Å². The molecular formula is C14H13BrN2O3. The molecule has 0 aliphatic carbocycles. The first kappa shape index (κ1) is 14.5. The van der Waals surface area contributed by atoms with Gasteiger partial charge in [-0.3, -0.25) is 14.9 Å². The molecule has 0 N–H and O–H groups in total. The van der Waals surface area contributed by atoms with Crippen LogP contribution in [0.3, 0.4) is 0 Å². The predicted octanol–water partition coefficient (Wildman–Crippen LogP) is 3.07. The number of para-hydroxylation sites is 1. The van der Waals surface area contributed by atoms with Gasteiger partial charge in [-0.15, -0.1) is 0 Å². The van der Waals surface area contributed by atoms with E-state index in [0.29, 0.717) is 24.1 Å². The zero-order chi connectivity index (χ0) is 14.7. The standard InChI is InChI=1S/C14H13BrN2O3/c1-10-8-12(15)9-16(14(10)18)7-6-11-4-2-3-5-13(11)17(19)20/h2-5,8-9H,6-7H2,1H3. The monoisotopic (exact) mass is 336 g/mol. The van der Waals surface area contributed by atoms with Gasteiger partial charge in [0.2, 0.25) is 0 Å². The quantitative estimate of drug-likeness (QED) is 0.636. The van der Waals surface area contributed by atoms with Gasteiger partial charge in [-0.25, -0.2) is 0 Å². The maximum absolute atomic E-state index is 12.0. The van der Waals surface area contributed by atoms with Crippen LogP contribution in [0, 0.1) is 17.0 Å². The average Bonchev–Trinajstić information content (AvgIpc) is 2.41. The molecule has 0 fully saturated rings. The first-order chi connectivity index (χ1) is 9.49. The van der Waals surface area contributed by atoms with Gasteiger partial charge in [-0.2, -0.15) is 0 Å². The lowest BCUT2D eigenvalue weighted by molar-refractivity contribution is -0.385. The van der Waals surface area contributed by atoms with Crippen molar-refractivity contribution in [3.8, 4) is 0 Å². The molecule has 1 aromatic carbocycles. The van der Waals surface area contributed by atoms with Crippen molar-refractivity contribution in [2.24, 2.45) is 0 Å². The largest absolute Gasteiger partial charge is 0.314 e. The van der Waals surface area contributed by atoms with Crippen LogP contribution in [0.25, 0.3) is 0 Å². The summed E-state index contributed by atoms with van der Waals surface area (Å²) in [5.74, 6) is 0. The molecule has 2 aromatic rings. The number of nitro groups is 1. The Morgan fingerprint density at radius 1 is 1.35 bits per heavy atom. The molecule has 104 valence electrons. The van der Waals surface area contributed by atoms with Crippen LogP contribution < -0.4 is 5.56 Å². The van der Waals surface area contributed by atoms with Crippen molar-refractivity contribution in [3.05, 3.63) is 72.6 Å². The van der Waals surface area contributed by atoms with E-state index in [9.17, 15) is 14.9 Å². The van der Waals surface area contributed by atoms with Crippen molar-refractivity contribution in [1.82, 2.24) is 4.57 Å². The van der Waals surface area contributed by atoms with Crippen LogP contribution in [0.2, 0.25) is 0 Å². The fraction of sp³-hybridized carbons (Fsp3) is 0.214. The second kappa shape index (κ2) is 6.00. The fourth-order valence-corrected chi connectivity index (χ4v) is 2.64. The molecule has 5 nitrogen and oxygen atoms in total. The summed E-state index contributed by atoms with van der Waals surface area (Å²) in [5, 5.41) is 10.9. The molecule has 0 amide bonds. The average molecular weight is 337 g/mol. The van der Waals surface area contributed by atoms with Gasteiger partial charge in [0.25, 0.3) is 11.2 Å². The van der Waals surface area contributed by atoms with E-state index < -0.39 is 4.92 Å². The Balaban J connectivity index is 2.26. The number of pyridine rings is 1. The molecule has 1 heterocycles. The zero-order valence-corrected chi connectivity index (χ0v) is 12.5. The summed E-state index contributed by atoms with van der Waals surface area (Å²) < 4.78 is 2.38. The van der Waals surface area contributed by atoms with Crippen molar-refractivity contribution < 1.29 is 4.92 Å². The topological polar surface area (TPSA) is 65.1 Å². The van der Waals surface area contributed by atoms with E-state index in [1.54, 1.807) is 42.0 Å². The highest BCUT2D eigenvalue weighted by Crippen LogP contribution is 2.18. The minimum Gasteiger partial charge on any atom is -0.314 e. The molecule has 1 aromatic heterocycles. The molecule has 0 saturated carbocycles. The van der Waals surface area contributed by atoms with Crippen molar-refractivity contribution in [3.63, 3.8) is 0 Å². The lowest BCUT2D eigenvalue weighted by Gasteiger charge is -2.08. The molecule has 0 bridgehead atoms. The van der Waals surface area contributed by atoms with E-state index in [0.717, 1.165) is 4.47 Å². The summed E-state index contributed by atoms with van der Waals surface area (Å²) in [5.41, 5.74) is 1.28. The third-order valence-corrected chi connectivity index (χ3v) is 3.48. The predicted molar refractivity (Wildman–Crippen MR) is 79.9 cm³/mol. The third-order valence-electron chi connectivity index (χ3n) is 3.04. The minimum atomic E-state index is -0.399. The molecule has 0 aliphatic heterocycles. The van der Waals surface area contributed by atoms with E-state index in [1.807, 2.05) is 0 Å². The first-order valence-corrected chi connectivity index (χ1v) is 6.87. The molecule has 0 aliphatic rings. The fourth-order valence-electron chi connectivity index (χ4n) is 2.05. The van der Waals surface area contributed by atoms with Gasteiger partial charge in [0.15, 0.2) is 0 Å². The number of rotatable bonds is 4. The molecule has 0 spiro atoms. The maximum atomic E-state index is 12.0. The molecule has 0 atom stereocenters. The van der Waals surface area contributed by atoms with Crippen LogP contribution in [0.1, 0.15) is 11.1 Å². The molecule has 0 saturated heterocycles. The van der Waals surface area contributed by atoms with Crippen molar-refractivity contribution in [2.45, 2.75) is 19.9 Å². The molecular weight excluding hydrogens is 324 g/mol. The van der Waals surface area contributed by atoms with Gasteiger partial charge in [0, 0.05) is 34.4 Å². The van der Waals surface area contributed by atoms with Crippen LogP contribution in [0.4, 0.5) is 5.69 Å². The normalized spacial score (nSPS) is 10.5. The molecule has 20 heavy (non-hydrogen) atoms. The van der Waals surface area contributed by atoms with Gasteiger partial charge >= 0.3 is 0 Å². The number of hydrogen-bond donors (Lipinski definition) is 0. The first-order valence-electron chi connectivity index (χ1n) is 6.08. The van der Waals surface area contributed by atoms with Crippen molar-refractivity contribution in [2.75, 3.05) is 0 Å². The van der Waals surface area contributed by atoms with Gasteiger partial charge < -0.3 is 4.57 Å². The third kappa shape index (κ3) is 3.14. The SMILES string of the molecule is Cc1cc(Br)cn(CCc2ccccc2[N+](=O)[O-])c1=O. The van der Waals surface area contributed by atoms with Crippen molar-refractivity contribution in [1.29, 1.82) is 0 Å². The second-order valence-corrected chi connectivity index (χ2v) is 5.39. The van der Waals surface area contributed by atoms with Gasteiger partial charge in [0.05, 0.1) is 4.92 Å². The summed E-state index contributed by atoms with van der Waals surface area (Å²) in [7, 11) is 0. The lowest BCUT2D eigenvalue weighted by Crippen LogP contribution is -2.22. The highest BCUT2D eigenvalue weighted by Gasteiger charge is 2.12. The van der Waals surface area contributed by atoms with Crippen molar-refractivity contribution >= 4 is 21.6 Å².